The van der Waals surface area contributed by atoms with Crippen molar-refractivity contribution in [3.05, 3.63) is 36.0 Å². The lowest BCUT2D eigenvalue weighted by atomic mass is 9.86. The van der Waals surface area contributed by atoms with E-state index in [9.17, 15) is 0 Å². The average Bonchev–Trinajstić information content (AvgIpc) is 2.67. The summed E-state index contributed by atoms with van der Waals surface area (Å²) in [4.78, 5) is 0. The van der Waals surface area contributed by atoms with Gasteiger partial charge in [0.2, 0.25) is 0 Å². The first kappa shape index (κ1) is 13.4. The summed E-state index contributed by atoms with van der Waals surface area (Å²) in [6, 6.07) is 8.90. The van der Waals surface area contributed by atoms with Crippen LogP contribution < -0.4 is 0 Å². The molecule has 1 aromatic carbocycles. The molecule has 0 saturated heterocycles. The van der Waals surface area contributed by atoms with Crippen LogP contribution in [0.4, 0.5) is 0 Å². The van der Waals surface area contributed by atoms with Gasteiger partial charge in [-0.2, -0.15) is 0 Å². The van der Waals surface area contributed by atoms with Gasteiger partial charge in [0.1, 0.15) is 6.73 Å². The summed E-state index contributed by atoms with van der Waals surface area (Å²) < 4.78 is 7.98. The first-order chi connectivity index (χ1) is 8.38. The van der Waals surface area contributed by atoms with Gasteiger partial charge in [0.15, 0.2) is 9.04 Å². The molecule has 0 unspecified atom stereocenters. The Kier molecular flexibility index (Phi) is 3.64. The molecule has 18 heavy (non-hydrogen) atoms. The van der Waals surface area contributed by atoms with Crippen molar-refractivity contribution in [2.45, 2.75) is 46.0 Å². The largest absolute Gasteiger partial charge is 0.403 e. The number of hydrogen-bond acceptors (Lipinski definition) is 1. The molecule has 1 aromatic heterocycles. The lowest BCUT2D eigenvalue weighted by molar-refractivity contribution is 0.246. The summed E-state index contributed by atoms with van der Waals surface area (Å²) in [5, 5.41) is 1.30. The second kappa shape index (κ2) is 4.90. The van der Waals surface area contributed by atoms with E-state index in [0.29, 0.717) is 6.73 Å². The van der Waals surface area contributed by atoms with Crippen molar-refractivity contribution >= 4 is 19.9 Å². The second-order valence-electron chi connectivity index (χ2n) is 6.15. The molecule has 0 atom stereocenters. The van der Waals surface area contributed by atoms with E-state index in [4.69, 9.17) is 4.43 Å². The van der Waals surface area contributed by atoms with Crippen molar-refractivity contribution in [2.75, 3.05) is 0 Å². The summed E-state index contributed by atoms with van der Waals surface area (Å²) in [7, 11) is -0.954. The van der Waals surface area contributed by atoms with Gasteiger partial charge in [-0.15, -0.1) is 0 Å². The Hall–Kier alpha value is -1.06. The molecule has 0 N–H and O–H groups in total. The van der Waals surface area contributed by atoms with Crippen molar-refractivity contribution in [3.8, 4) is 0 Å². The first-order valence-corrected chi connectivity index (χ1v) is 9.37. The molecular formula is C15H23NOSi. The van der Waals surface area contributed by atoms with Gasteiger partial charge in [-0.1, -0.05) is 26.8 Å². The second-order valence-corrected chi connectivity index (χ2v) is 8.58. The van der Waals surface area contributed by atoms with Gasteiger partial charge >= 0.3 is 0 Å². The molecule has 2 nitrogen and oxygen atoms in total. The van der Waals surface area contributed by atoms with Crippen LogP contribution in [0, 0.1) is 0 Å². The van der Waals surface area contributed by atoms with E-state index in [1.165, 1.54) is 16.5 Å². The Morgan fingerprint density at radius 1 is 1.17 bits per heavy atom. The number of benzene rings is 1. The molecule has 98 valence electrons. The molecule has 0 spiro atoms. The van der Waals surface area contributed by atoms with Crippen LogP contribution in [0.2, 0.25) is 13.1 Å². The molecule has 0 aliphatic carbocycles. The lowest BCUT2D eigenvalue weighted by Crippen LogP contribution is -2.12. The molecule has 0 aliphatic heterocycles. The van der Waals surface area contributed by atoms with Gasteiger partial charge in [-0.05, 0) is 47.7 Å². The minimum Gasteiger partial charge on any atom is -0.403 e. The quantitative estimate of drug-likeness (QED) is 0.764. The monoisotopic (exact) mass is 261 g/mol. The third kappa shape index (κ3) is 2.84. The summed E-state index contributed by atoms with van der Waals surface area (Å²) in [5.41, 5.74) is 2.85. The van der Waals surface area contributed by atoms with Crippen molar-refractivity contribution < 1.29 is 4.43 Å². The van der Waals surface area contributed by atoms with Crippen molar-refractivity contribution in [3.63, 3.8) is 0 Å². The minimum atomic E-state index is -0.954. The highest BCUT2D eigenvalue weighted by atomic mass is 28.3. The van der Waals surface area contributed by atoms with Gasteiger partial charge in [-0.3, -0.25) is 0 Å². The predicted octanol–water partition coefficient (Wildman–Crippen LogP) is 3.90. The van der Waals surface area contributed by atoms with Crippen LogP contribution >= 0.6 is 0 Å². The van der Waals surface area contributed by atoms with Gasteiger partial charge in [0.05, 0.1) is 0 Å². The zero-order chi connectivity index (χ0) is 13.3. The van der Waals surface area contributed by atoms with Gasteiger partial charge in [0.25, 0.3) is 0 Å². The lowest BCUT2D eigenvalue weighted by Gasteiger charge is -2.19. The minimum absolute atomic E-state index is 0.206. The first-order valence-electron chi connectivity index (χ1n) is 6.59. The smallest absolute Gasteiger partial charge is 0.173 e. The third-order valence-corrected chi connectivity index (χ3v) is 4.00. The van der Waals surface area contributed by atoms with Crippen LogP contribution in [0.15, 0.2) is 30.5 Å². The highest BCUT2D eigenvalue weighted by Crippen LogP contribution is 2.26. The number of aromatic nitrogens is 1. The number of hydrogen-bond donors (Lipinski definition) is 0. The Bertz CT molecular complexity index is 537. The number of nitrogens with zero attached hydrogens (tertiary/aromatic N) is 1. The normalized spacial score (nSPS) is 12.6. The van der Waals surface area contributed by atoms with Crippen molar-refractivity contribution in [1.29, 1.82) is 0 Å². The van der Waals surface area contributed by atoms with Gasteiger partial charge < -0.3 is 8.99 Å². The van der Waals surface area contributed by atoms with E-state index in [2.05, 4.69) is 68.9 Å². The topological polar surface area (TPSA) is 14.2 Å². The van der Waals surface area contributed by atoms with Crippen LogP contribution in [0.25, 0.3) is 10.9 Å². The van der Waals surface area contributed by atoms with Crippen LogP contribution in [-0.2, 0) is 16.6 Å². The fourth-order valence-corrected chi connectivity index (χ4v) is 2.47. The maximum Gasteiger partial charge on any atom is 0.173 e. The highest BCUT2D eigenvalue weighted by Gasteiger charge is 2.14. The molecule has 3 heteroatoms. The summed E-state index contributed by atoms with van der Waals surface area (Å²) >= 11 is 0. The van der Waals surface area contributed by atoms with Gasteiger partial charge in [-0.25, -0.2) is 0 Å². The average molecular weight is 261 g/mol. The molecule has 0 saturated carbocycles. The van der Waals surface area contributed by atoms with Crippen molar-refractivity contribution in [2.24, 2.45) is 0 Å². The zero-order valence-corrected chi connectivity index (χ0v) is 13.2. The van der Waals surface area contributed by atoms with Crippen LogP contribution in [0.1, 0.15) is 26.3 Å². The fourth-order valence-electron chi connectivity index (χ4n) is 2.01. The maximum absolute atomic E-state index is 5.79. The molecule has 0 amide bonds. The Balaban J connectivity index is 2.32. The van der Waals surface area contributed by atoms with Crippen molar-refractivity contribution in [1.82, 2.24) is 4.57 Å². The molecule has 0 aliphatic rings. The maximum atomic E-state index is 5.79. The standard InChI is InChI=1S/C15H23NOSi/c1-15(2,3)13-6-7-14-12(10-13)8-9-16(14)11-17-18(4)5/h6-10,18H,11H2,1-5H3. The highest BCUT2D eigenvalue weighted by molar-refractivity contribution is 6.48. The molecule has 1 heterocycles. The molecule has 0 fully saturated rings. The van der Waals surface area contributed by atoms with Crippen LogP contribution in [0.5, 0.6) is 0 Å². The predicted molar refractivity (Wildman–Crippen MR) is 80.6 cm³/mol. The Morgan fingerprint density at radius 3 is 2.50 bits per heavy atom. The van der Waals surface area contributed by atoms with Gasteiger partial charge in [0, 0.05) is 11.7 Å². The van der Waals surface area contributed by atoms with E-state index in [1.807, 2.05) is 0 Å². The molecule has 0 radical (unpaired) electrons. The van der Waals surface area contributed by atoms with E-state index in [-0.39, 0.29) is 5.41 Å². The third-order valence-electron chi connectivity index (χ3n) is 3.18. The Morgan fingerprint density at radius 2 is 1.89 bits per heavy atom. The fraction of sp³-hybridized carbons (Fsp3) is 0.467. The summed E-state index contributed by atoms with van der Waals surface area (Å²) in [6.45, 7) is 11.8. The SMILES string of the molecule is C[SiH](C)OCn1ccc2cc(C(C)(C)C)ccc21. The van der Waals surface area contributed by atoms with E-state index in [0.717, 1.165) is 0 Å². The van der Waals surface area contributed by atoms with Crippen LogP contribution in [-0.4, -0.2) is 13.6 Å². The molecule has 2 rings (SSSR count). The number of rotatable bonds is 3. The number of fused-ring (bicyclic) bond motifs is 1. The Labute approximate surface area is 111 Å². The zero-order valence-electron chi connectivity index (χ0n) is 12.0. The van der Waals surface area contributed by atoms with E-state index >= 15 is 0 Å². The van der Waals surface area contributed by atoms with E-state index in [1.54, 1.807) is 0 Å². The molecule has 0 bridgehead atoms. The van der Waals surface area contributed by atoms with Crippen LogP contribution in [0.3, 0.4) is 0 Å². The summed E-state index contributed by atoms with van der Waals surface area (Å²) in [6.07, 6.45) is 2.12. The van der Waals surface area contributed by atoms with E-state index < -0.39 is 9.04 Å². The molecule has 2 aromatic rings. The summed E-state index contributed by atoms with van der Waals surface area (Å²) in [5.74, 6) is 0. The molecular weight excluding hydrogens is 238 g/mol.